The van der Waals surface area contributed by atoms with Gasteiger partial charge in [-0.15, -0.1) is 0 Å². The first-order chi connectivity index (χ1) is 45.0. The molecular weight excluding hydrogens is 1220 g/mol. The quantitative estimate of drug-likeness (QED) is 0.0222. The third kappa shape index (κ3) is 68.4. The summed E-state index contributed by atoms with van der Waals surface area (Å²) < 4.78 is 68.4. The Hall–Kier alpha value is -1.94. The Balaban J connectivity index is 5.23. The van der Waals surface area contributed by atoms with Gasteiger partial charge in [0.05, 0.1) is 26.4 Å². The molecule has 2 unspecified atom stereocenters. The molecule has 0 bridgehead atoms. The van der Waals surface area contributed by atoms with Crippen molar-refractivity contribution in [2.75, 3.05) is 39.6 Å². The minimum atomic E-state index is -4.95. The molecule has 93 heavy (non-hydrogen) atoms. The number of carbonyl (C=O) groups is 4. The number of phosphoric ester groups is 2. The number of unbranched alkanes of at least 4 members (excludes halogenated alkanes) is 46. The maximum atomic E-state index is 13.1. The van der Waals surface area contributed by atoms with E-state index in [0.717, 1.165) is 95.8 Å². The van der Waals surface area contributed by atoms with Crippen LogP contribution in [0.15, 0.2) is 0 Å². The molecule has 0 aliphatic carbocycles. The molecular formula is C74H144O17P2. The summed E-state index contributed by atoms with van der Waals surface area (Å²) in [5.41, 5.74) is 0. The average Bonchev–Trinajstić information content (AvgIpc) is 3.03. The highest BCUT2D eigenvalue weighted by atomic mass is 31.2. The van der Waals surface area contributed by atoms with Gasteiger partial charge in [0.2, 0.25) is 0 Å². The zero-order valence-corrected chi connectivity index (χ0v) is 62.2. The Morgan fingerprint density at radius 3 is 0.731 bits per heavy atom. The van der Waals surface area contributed by atoms with Gasteiger partial charge in [0.15, 0.2) is 12.2 Å². The van der Waals surface area contributed by atoms with Crippen molar-refractivity contribution in [3.63, 3.8) is 0 Å². The molecule has 0 saturated carbocycles. The summed E-state index contributed by atoms with van der Waals surface area (Å²) in [7, 11) is -9.90. The van der Waals surface area contributed by atoms with Crippen LogP contribution in [0.2, 0.25) is 0 Å². The molecule has 17 nitrogen and oxygen atoms in total. The van der Waals surface area contributed by atoms with Gasteiger partial charge in [-0.3, -0.25) is 37.3 Å². The van der Waals surface area contributed by atoms with Crippen LogP contribution in [0.3, 0.4) is 0 Å². The van der Waals surface area contributed by atoms with Gasteiger partial charge in [0.1, 0.15) is 19.3 Å². The van der Waals surface area contributed by atoms with E-state index in [1.54, 1.807) is 0 Å². The van der Waals surface area contributed by atoms with Gasteiger partial charge in [-0.2, -0.15) is 0 Å². The monoisotopic (exact) mass is 1370 g/mol. The molecule has 0 rings (SSSR count). The summed E-state index contributed by atoms with van der Waals surface area (Å²) in [5.74, 6) is -1.36. The molecule has 0 aromatic rings. The van der Waals surface area contributed by atoms with Crippen molar-refractivity contribution in [3.05, 3.63) is 0 Å². The van der Waals surface area contributed by atoms with Crippen molar-refractivity contribution in [3.8, 4) is 0 Å². The number of rotatable bonds is 74. The standard InChI is InChI=1S/C74H144O17P2/c1-6-9-12-15-18-21-24-26-27-28-29-30-31-33-40-45-50-55-60-74(79)91-70(64-85-72(77)58-53-48-43-38-35-34-36-41-46-51-56-67(4)5)66-89-93(82,83)87-62-68(75)61-86-92(80,81)88-65-69(63-84-71(76)57-52-47-42-37-23-20-17-14-11-8-3)90-73(78)59-54-49-44-39-32-25-22-19-16-13-10-7-2/h67-70,75H,6-66H2,1-5H3,(H,80,81)(H,82,83)/t68-,69+,70+/m0/s1. The SMILES string of the molecule is CCCCCCCCCCCCCCCCCCCCC(=O)O[C@H](COC(=O)CCCCCCCCCCCCC(C)C)COP(=O)(O)OC[C@@H](O)COP(=O)(O)OC[C@@H](COC(=O)CCCCCCCCCCCC)OC(=O)CCCCCCCCCCCCCC. The largest absolute Gasteiger partial charge is 0.472 e. The normalized spacial score (nSPS) is 14.0. The lowest BCUT2D eigenvalue weighted by molar-refractivity contribution is -0.161. The average molecular weight is 1370 g/mol. The van der Waals surface area contributed by atoms with Gasteiger partial charge in [-0.25, -0.2) is 9.13 Å². The summed E-state index contributed by atoms with van der Waals surface area (Å²) in [5, 5.41) is 10.6. The molecule has 0 aromatic carbocycles. The molecule has 3 N–H and O–H groups in total. The molecule has 552 valence electrons. The van der Waals surface area contributed by atoms with E-state index in [9.17, 15) is 43.2 Å². The highest BCUT2D eigenvalue weighted by molar-refractivity contribution is 7.47. The number of hydrogen-bond donors (Lipinski definition) is 3. The lowest BCUT2D eigenvalue weighted by atomic mass is 10.0. The van der Waals surface area contributed by atoms with E-state index in [2.05, 4.69) is 34.6 Å². The topological polar surface area (TPSA) is 237 Å². The molecule has 0 radical (unpaired) electrons. The smallest absolute Gasteiger partial charge is 0.462 e. The van der Waals surface area contributed by atoms with E-state index < -0.39 is 97.5 Å². The molecule has 0 aliphatic heterocycles. The highest BCUT2D eigenvalue weighted by Gasteiger charge is 2.30. The van der Waals surface area contributed by atoms with Gasteiger partial charge in [-0.05, 0) is 31.6 Å². The summed E-state index contributed by atoms with van der Waals surface area (Å²) in [6, 6.07) is 0. The Kier molecular flexibility index (Phi) is 65.9. The van der Waals surface area contributed by atoms with Crippen molar-refractivity contribution in [1.82, 2.24) is 0 Å². The van der Waals surface area contributed by atoms with Gasteiger partial charge >= 0.3 is 39.5 Å². The second-order valence-corrected chi connectivity index (χ2v) is 30.1. The van der Waals surface area contributed by atoms with Crippen LogP contribution in [0, 0.1) is 5.92 Å². The fraction of sp³-hybridized carbons (Fsp3) is 0.946. The first-order valence-corrected chi connectivity index (χ1v) is 41.6. The van der Waals surface area contributed by atoms with Crippen molar-refractivity contribution < 1.29 is 80.2 Å². The van der Waals surface area contributed by atoms with Gasteiger partial charge < -0.3 is 33.8 Å². The molecule has 0 saturated heterocycles. The molecule has 0 fully saturated rings. The maximum absolute atomic E-state index is 13.1. The summed E-state index contributed by atoms with van der Waals surface area (Å²) in [6.45, 7) is 7.27. The molecule has 0 spiro atoms. The van der Waals surface area contributed by atoms with E-state index in [0.29, 0.717) is 25.7 Å². The molecule has 0 aromatic heterocycles. The van der Waals surface area contributed by atoms with E-state index in [4.69, 9.17) is 37.0 Å². The fourth-order valence-electron chi connectivity index (χ4n) is 11.4. The van der Waals surface area contributed by atoms with Crippen LogP contribution in [0.5, 0.6) is 0 Å². The van der Waals surface area contributed by atoms with E-state index in [1.165, 1.54) is 212 Å². The second-order valence-electron chi connectivity index (χ2n) is 27.2. The Morgan fingerprint density at radius 2 is 0.495 bits per heavy atom. The van der Waals surface area contributed by atoms with E-state index >= 15 is 0 Å². The van der Waals surface area contributed by atoms with E-state index in [1.807, 2.05) is 0 Å². The molecule has 0 aliphatic rings. The van der Waals surface area contributed by atoms with Crippen molar-refractivity contribution in [1.29, 1.82) is 0 Å². The number of phosphoric acid groups is 2. The van der Waals surface area contributed by atoms with Gasteiger partial charge in [0, 0.05) is 25.7 Å². The predicted octanol–water partition coefficient (Wildman–Crippen LogP) is 21.7. The first kappa shape index (κ1) is 91.1. The number of carbonyl (C=O) groups excluding carboxylic acids is 4. The highest BCUT2D eigenvalue weighted by Crippen LogP contribution is 2.45. The summed E-state index contributed by atoms with van der Waals surface area (Å²) in [6.07, 6.45) is 55.4. The van der Waals surface area contributed by atoms with Crippen molar-refractivity contribution in [2.24, 2.45) is 5.92 Å². The van der Waals surface area contributed by atoms with Crippen LogP contribution in [-0.4, -0.2) is 96.7 Å². The molecule has 5 atom stereocenters. The van der Waals surface area contributed by atoms with Crippen molar-refractivity contribution in [2.45, 2.75) is 406 Å². The minimum Gasteiger partial charge on any atom is -0.462 e. The number of ether oxygens (including phenoxy) is 4. The maximum Gasteiger partial charge on any atom is 0.472 e. The van der Waals surface area contributed by atoms with Gasteiger partial charge in [-0.1, -0.05) is 336 Å². The third-order valence-corrected chi connectivity index (χ3v) is 19.2. The number of aliphatic hydroxyl groups excluding tert-OH is 1. The van der Waals surface area contributed by atoms with Crippen LogP contribution >= 0.6 is 15.6 Å². The van der Waals surface area contributed by atoms with Crippen LogP contribution in [0.25, 0.3) is 0 Å². The molecule has 19 heteroatoms. The van der Waals surface area contributed by atoms with Crippen LogP contribution in [0.1, 0.15) is 388 Å². The Labute approximate surface area is 568 Å². The number of esters is 4. The Bertz CT molecular complexity index is 1790. The number of aliphatic hydroxyl groups is 1. The zero-order valence-electron chi connectivity index (χ0n) is 60.4. The minimum absolute atomic E-state index is 0.108. The second kappa shape index (κ2) is 67.3. The van der Waals surface area contributed by atoms with Crippen LogP contribution in [0.4, 0.5) is 0 Å². The summed E-state index contributed by atoms with van der Waals surface area (Å²) >= 11 is 0. The summed E-state index contributed by atoms with van der Waals surface area (Å²) in [4.78, 5) is 72.7. The molecule has 0 amide bonds. The first-order valence-electron chi connectivity index (χ1n) is 38.6. The number of hydrogen-bond acceptors (Lipinski definition) is 15. The van der Waals surface area contributed by atoms with Crippen molar-refractivity contribution >= 4 is 39.5 Å². The molecule has 0 heterocycles. The van der Waals surface area contributed by atoms with Gasteiger partial charge in [0.25, 0.3) is 0 Å². The van der Waals surface area contributed by atoms with E-state index in [-0.39, 0.29) is 25.7 Å². The third-order valence-electron chi connectivity index (χ3n) is 17.3. The van der Waals surface area contributed by atoms with Crippen LogP contribution < -0.4 is 0 Å². The zero-order chi connectivity index (χ0) is 68.4. The van der Waals surface area contributed by atoms with Crippen LogP contribution in [-0.2, 0) is 65.4 Å². The lowest BCUT2D eigenvalue weighted by Crippen LogP contribution is -2.30. The Morgan fingerprint density at radius 1 is 0.290 bits per heavy atom. The lowest BCUT2D eigenvalue weighted by Gasteiger charge is -2.21. The fourth-order valence-corrected chi connectivity index (χ4v) is 12.9. The predicted molar refractivity (Wildman–Crippen MR) is 377 cm³/mol.